The molecule has 6 heteroatoms. The highest BCUT2D eigenvalue weighted by Crippen LogP contribution is 2.37. The second-order valence-electron chi connectivity index (χ2n) is 5.19. The molecular weight excluding hydrogens is 260 g/mol. The van der Waals surface area contributed by atoms with Crippen LogP contribution in [0.15, 0.2) is 17.8 Å². The molecule has 1 saturated carbocycles. The Morgan fingerprint density at radius 2 is 1.85 bits per heavy atom. The number of aryl methyl sites for hydroxylation is 1. The highest BCUT2D eigenvalue weighted by molar-refractivity contribution is 6.18. The van der Waals surface area contributed by atoms with Gasteiger partial charge in [-0.15, -0.1) is 0 Å². The number of carbonyl (C=O) groups excluding carboxylic acids is 2. The third kappa shape index (κ3) is 2.21. The molecule has 3 rings (SSSR count). The first-order valence-corrected chi connectivity index (χ1v) is 6.76. The average Bonchev–Trinajstić information content (AvgIpc) is 2.80. The van der Waals surface area contributed by atoms with Gasteiger partial charge in [0.1, 0.15) is 5.57 Å². The standard InChI is InChI=1S/C14H16N2O4/c1-16-10(5-8-15-16)9-11-12(17)19-14(20-13(11)18)6-3-2-4-7-14/h5,8-9H,2-4,6-7H2,1H3. The second kappa shape index (κ2) is 4.77. The summed E-state index contributed by atoms with van der Waals surface area (Å²) in [6.45, 7) is 0. The summed E-state index contributed by atoms with van der Waals surface area (Å²) in [6, 6.07) is 1.71. The van der Waals surface area contributed by atoms with E-state index in [0.29, 0.717) is 18.5 Å². The van der Waals surface area contributed by atoms with Crippen LogP contribution in [-0.2, 0) is 26.1 Å². The van der Waals surface area contributed by atoms with Crippen molar-refractivity contribution in [2.24, 2.45) is 7.05 Å². The van der Waals surface area contributed by atoms with Crippen LogP contribution in [0.25, 0.3) is 6.08 Å². The van der Waals surface area contributed by atoms with Gasteiger partial charge in [-0.1, -0.05) is 6.42 Å². The monoisotopic (exact) mass is 276 g/mol. The summed E-state index contributed by atoms with van der Waals surface area (Å²) in [5.74, 6) is -2.25. The third-order valence-corrected chi connectivity index (χ3v) is 3.76. The van der Waals surface area contributed by atoms with E-state index in [2.05, 4.69) is 5.10 Å². The summed E-state index contributed by atoms with van der Waals surface area (Å²) >= 11 is 0. The molecule has 0 radical (unpaired) electrons. The topological polar surface area (TPSA) is 70.4 Å². The van der Waals surface area contributed by atoms with Crippen molar-refractivity contribution in [1.29, 1.82) is 0 Å². The van der Waals surface area contributed by atoms with Gasteiger partial charge in [-0.3, -0.25) is 4.68 Å². The molecule has 106 valence electrons. The highest BCUT2D eigenvalue weighted by Gasteiger charge is 2.46. The molecule has 1 saturated heterocycles. The van der Waals surface area contributed by atoms with E-state index in [0.717, 1.165) is 19.3 Å². The first kappa shape index (κ1) is 12.9. The van der Waals surface area contributed by atoms with E-state index in [9.17, 15) is 9.59 Å². The number of hydrogen-bond donors (Lipinski definition) is 0. The minimum Gasteiger partial charge on any atom is -0.419 e. The third-order valence-electron chi connectivity index (χ3n) is 3.76. The smallest absolute Gasteiger partial charge is 0.348 e. The lowest BCUT2D eigenvalue weighted by Gasteiger charge is -2.38. The number of esters is 2. The van der Waals surface area contributed by atoms with Gasteiger partial charge in [-0.05, 0) is 25.0 Å². The lowest BCUT2D eigenvalue weighted by atomic mass is 9.93. The highest BCUT2D eigenvalue weighted by atomic mass is 16.7. The summed E-state index contributed by atoms with van der Waals surface area (Å²) in [5.41, 5.74) is 0.568. The minimum atomic E-state index is -1.03. The molecule has 2 fully saturated rings. The largest absolute Gasteiger partial charge is 0.419 e. The molecule has 1 aromatic heterocycles. The first-order chi connectivity index (χ1) is 9.60. The molecule has 2 heterocycles. The van der Waals surface area contributed by atoms with E-state index in [1.807, 2.05) is 0 Å². The summed E-state index contributed by atoms with van der Waals surface area (Å²) in [4.78, 5) is 24.2. The van der Waals surface area contributed by atoms with Crippen LogP contribution < -0.4 is 0 Å². The van der Waals surface area contributed by atoms with Crippen molar-refractivity contribution in [3.8, 4) is 0 Å². The fraction of sp³-hybridized carbons (Fsp3) is 0.500. The van der Waals surface area contributed by atoms with Crippen LogP contribution in [-0.4, -0.2) is 27.5 Å². The van der Waals surface area contributed by atoms with Gasteiger partial charge in [-0.25, -0.2) is 9.59 Å². The number of ether oxygens (including phenoxy) is 2. The van der Waals surface area contributed by atoms with Crippen LogP contribution in [0.4, 0.5) is 0 Å². The van der Waals surface area contributed by atoms with Crippen LogP contribution in [0.2, 0.25) is 0 Å². The molecule has 1 spiro atoms. The molecule has 0 N–H and O–H groups in total. The zero-order valence-corrected chi connectivity index (χ0v) is 11.3. The van der Waals surface area contributed by atoms with Crippen molar-refractivity contribution in [3.63, 3.8) is 0 Å². The van der Waals surface area contributed by atoms with Crippen molar-refractivity contribution in [1.82, 2.24) is 9.78 Å². The molecule has 6 nitrogen and oxygen atoms in total. The molecule has 1 aliphatic carbocycles. The zero-order valence-electron chi connectivity index (χ0n) is 11.3. The first-order valence-electron chi connectivity index (χ1n) is 6.76. The Hall–Kier alpha value is -2.11. The fourth-order valence-corrected chi connectivity index (χ4v) is 2.64. The molecule has 2 aliphatic rings. The maximum absolute atomic E-state index is 12.1. The second-order valence-corrected chi connectivity index (χ2v) is 5.19. The Labute approximate surface area is 116 Å². The van der Waals surface area contributed by atoms with Gasteiger partial charge in [0.2, 0.25) is 0 Å². The lowest BCUT2D eigenvalue weighted by Crippen LogP contribution is -2.47. The average molecular weight is 276 g/mol. The van der Waals surface area contributed by atoms with Crippen molar-refractivity contribution >= 4 is 18.0 Å². The van der Waals surface area contributed by atoms with Crippen LogP contribution in [0.3, 0.4) is 0 Å². The number of aromatic nitrogens is 2. The molecule has 20 heavy (non-hydrogen) atoms. The molecule has 0 bridgehead atoms. The van der Waals surface area contributed by atoms with Crippen LogP contribution in [0, 0.1) is 0 Å². The van der Waals surface area contributed by atoms with Gasteiger partial charge in [0.05, 0.1) is 5.69 Å². The number of nitrogens with zero attached hydrogens (tertiary/aromatic N) is 2. The Kier molecular flexibility index (Phi) is 3.08. The Morgan fingerprint density at radius 1 is 1.20 bits per heavy atom. The van der Waals surface area contributed by atoms with E-state index in [1.54, 1.807) is 24.0 Å². The van der Waals surface area contributed by atoms with E-state index in [1.165, 1.54) is 6.08 Å². The van der Waals surface area contributed by atoms with E-state index < -0.39 is 17.7 Å². The van der Waals surface area contributed by atoms with E-state index >= 15 is 0 Å². The molecule has 1 aliphatic heterocycles. The van der Waals surface area contributed by atoms with Gasteiger partial charge in [0.25, 0.3) is 5.79 Å². The summed E-state index contributed by atoms with van der Waals surface area (Å²) in [7, 11) is 1.73. The Balaban J connectivity index is 1.86. The van der Waals surface area contributed by atoms with Gasteiger partial charge in [0, 0.05) is 26.1 Å². The zero-order chi connectivity index (χ0) is 14.2. The number of hydrogen-bond acceptors (Lipinski definition) is 5. The Bertz CT molecular complexity index is 560. The number of carbonyl (C=O) groups is 2. The molecule has 0 aromatic carbocycles. The lowest BCUT2D eigenvalue weighted by molar-refractivity contribution is -0.244. The van der Waals surface area contributed by atoms with Gasteiger partial charge < -0.3 is 9.47 Å². The predicted octanol–water partition coefficient (Wildman–Crippen LogP) is 1.56. The van der Waals surface area contributed by atoms with Crippen molar-refractivity contribution in [2.45, 2.75) is 37.9 Å². The number of rotatable bonds is 1. The van der Waals surface area contributed by atoms with Gasteiger partial charge in [-0.2, -0.15) is 5.10 Å². The maximum atomic E-state index is 12.1. The van der Waals surface area contributed by atoms with E-state index in [4.69, 9.17) is 9.47 Å². The van der Waals surface area contributed by atoms with Gasteiger partial charge >= 0.3 is 11.9 Å². The SMILES string of the molecule is Cn1nccc1C=C1C(=O)OC2(CCCCC2)OC1=O. The molecular formula is C14H16N2O4. The Morgan fingerprint density at radius 3 is 2.40 bits per heavy atom. The molecule has 1 aromatic rings. The van der Waals surface area contributed by atoms with E-state index in [-0.39, 0.29) is 5.57 Å². The summed E-state index contributed by atoms with van der Waals surface area (Å²) in [6.07, 6.45) is 7.10. The molecule has 0 atom stereocenters. The van der Waals surface area contributed by atoms with Crippen molar-refractivity contribution in [3.05, 3.63) is 23.5 Å². The predicted molar refractivity (Wildman–Crippen MR) is 69.2 cm³/mol. The normalized spacial score (nSPS) is 21.6. The minimum absolute atomic E-state index is 0.0789. The summed E-state index contributed by atoms with van der Waals surface area (Å²) in [5, 5.41) is 3.98. The summed E-state index contributed by atoms with van der Waals surface area (Å²) < 4.78 is 12.4. The fourth-order valence-electron chi connectivity index (χ4n) is 2.64. The quantitative estimate of drug-likeness (QED) is 0.442. The molecule has 0 amide bonds. The van der Waals surface area contributed by atoms with Crippen LogP contribution in [0.1, 0.15) is 37.8 Å². The van der Waals surface area contributed by atoms with Crippen molar-refractivity contribution < 1.29 is 19.1 Å². The molecule has 0 unspecified atom stereocenters. The van der Waals surface area contributed by atoms with Crippen LogP contribution in [0.5, 0.6) is 0 Å². The maximum Gasteiger partial charge on any atom is 0.348 e. The van der Waals surface area contributed by atoms with Crippen molar-refractivity contribution in [2.75, 3.05) is 0 Å². The van der Waals surface area contributed by atoms with Gasteiger partial charge in [0.15, 0.2) is 0 Å². The van der Waals surface area contributed by atoms with Crippen LogP contribution >= 0.6 is 0 Å².